The van der Waals surface area contributed by atoms with Crippen LogP contribution >= 0.6 is 0 Å². The maximum atomic E-state index is 14.3. The summed E-state index contributed by atoms with van der Waals surface area (Å²) in [6.07, 6.45) is 4.42. The topological polar surface area (TPSA) is 246 Å². The van der Waals surface area contributed by atoms with Gasteiger partial charge >= 0.3 is 11.8 Å². The lowest BCUT2D eigenvalue weighted by atomic mass is 9.78. The number of amides is 1. The van der Waals surface area contributed by atoms with Crippen molar-refractivity contribution >= 4 is 40.3 Å². The molecule has 0 aromatic heterocycles. The van der Waals surface area contributed by atoms with Gasteiger partial charge in [0.1, 0.15) is 23.4 Å². The number of Topliss-reactive ketones (excluding diaryl/α,β-unsaturated/α-hetero) is 1. The largest absolute Gasteiger partial charge is 0.507 e. The van der Waals surface area contributed by atoms with E-state index in [9.17, 15) is 45.0 Å². The highest BCUT2D eigenvalue weighted by atomic mass is 16.7. The number of ketones is 1. The van der Waals surface area contributed by atoms with Crippen LogP contribution in [0, 0.1) is 30.6 Å². The molecular weight excluding hydrogens is 730 g/mol. The number of benzene rings is 2. The average molecular weight is 784 g/mol. The van der Waals surface area contributed by atoms with Gasteiger partial charge in [-0.15, -0.1) is 0 Å². The zero-order valence-corrected chi connectivity index (χ0v) is 33.0. The molecular formula is C40H53N3O13. The summed E-state index contributed by atoms with van der Waals surface area (Å²) in [5, 5.41) is 72.8. The lowest BCUT2D eigenvalue weighted by Gasteiger charge is -2.38. The molecule has 2 aromatic rings. The highest BCUT2D eigenvalue weighted by Crippen LogP contribution is 2.55. The third-order valence-electron chi connectivity index (χ3n) is 10.5. The summed E-state index contributed by atoms with van der Waals surface area (Å²) in [7, 11) is 1.42. The van der Waals surface area contributed by atoms with Crippen LogP contribution in [0.15, 0.2) is 41.2 Å². The van der Waals surface area contributed by atoms with Crippen molar-refractivity contribution in [2.45, 2.75) is 85.6 Å². The molecule has 9 atom stereocenters. The highest BCUT2D eigenvalue weighted by Gasteiger charge is 2.50. The summed E-state index contributed by atoms with van der Waals surface area (Å²) in [4.78, 5) is 40.1. The van der Waals surface area contributed by atoms with Crippen LogP contribution in [0.3, 0.4) is 0 Å². The fourth-order valence-corrected chi connectivity index (χ4v) is 7.10. The molecule has 3 aliphatic rings. The summed E-state index contributed by atoms with van der Waals surface area (Å²) in [5.74, 6) is -8.76. The van der Waals surface area contributed by atoms with Gasteiger partial charge in [0.2, 0.25) is 0 Å². The molecule has 3 aliphatic heterocycles. The first-order chi connectivity index (χ1) is 26.3. The number of aliphatic hydroxyl groups excluding tert-OH is 3. The minimum Gasteiger partial charge on any atom is -0.507 e. The minimum absolute atomic E-state index is 0.0209. The van der Waals surface area contributed by atoms with Gasteiger partial charge in [-0.05, 0) is 19.9 Å². The van der Waals surface area contributed by atoms with E-state index in [0.29, 0.717) is 0 Å². The van der Waals surface area contributed by atoms with Crippen molar-refractivity contribution in [1.82, 2.24) is 5.43 Å². The zero-order chi connectivity index (χ0) is 41.8. The van der Waals surface area contributed by atoms with Crippen molar-refractivity contribution in [1.29, 1.82) is 0 Å². The van der Waals surface area contributed by atoms with Gasteiger partial charge < -0.3 is 60.3 Å². The quantitative estimate of drug-likeness (QED) is 0.0521. The number of nitrogens with one attached hydrogen (secondary N) is 2. The third-order valence-corrected chi connectivity index (χ3v) is 10.5. The van der Waals surface area contributed by atoms with Gasteiger partial charge in [0.25, 0.3) is 11.7 Å². The Hall–Kier alpha value is -5.16. The maximum Gasteiger partial charge on any atom is 0.312 e. The van der Waals surface area contributed by atoms with E-state index in [4.69, 9.17) is 18.9 Å². The number of carbonyl (C=O) groups excluding carboxylic acids is 3. The fraction of sp³-hybridized carbons (Fsp3) is 0.500. The summed E-state index contributed by atoms with van der Waals surface area (Å²) < 4.78 is 23.4. The molecule has 306 valence electrons. The molecule has 5 rings (SSSR count). The lowest BCUT2D eigenvalue weighted by Crippen LogP contribution is -2.46. The van der Waals surface area contributed by atoms with Gasteiger partial charge in [-0.3, -0.25) is 14.4 Å². The number of esters is 1. The molecule has 2 aromatic carbocycles. The number of phenols is 3. The zero-order valence-electron chi connectivity index (χ0n) is 33.0. The Morgan fingerprint density at radius 1 is 1.00 bits per heavy atom. The normalized spacial score (nSPS) is 31.0. The SMILES string of the molecule is CO[C@H]1/C=C/O[C@@]2(C)Oc3c(C)c(O)c4c(O)c(c(/C=N/NCCO)c(O)c4c3C2=O)NC(=O)/C(C)=C\C=C\[C@@H](C)[C@@H](O)[C@@H](C)[C@H](O)[C@@H](C)[C@H](OC(C)=O)[C@@H]1C. The molecule has 0 saturated heterocycles. The second kappa shape index (κ2) is 17.7. The van der Waals surface area contributed by atoms with Crippen LogP contribution in [0.1, 0.15) is 70.0 Å². The number of hydrogen-bond acceptors (Lipinski definition) is 15. The predicted octanol–water partition coefficient (Wildman–Crippen LogP) is 3.67. The lowest BCUT2D eigenvalue weighted by molar-refractivity contribution is -0.160. The molecule has 5 bridgehead atoms. The van der Waals surface area contributed by atoms with Crippen molar-refractivity contribution in [2.24, 2.45) is 28.8 Å². The Balaban J connectivity index is 1.97. The standard InChI is InChI=1S/C40H53N3O13/c1-18-11-10-12-19(2)39(52)43-30-25(17-42-41-14-15-44)34(49)27-28(35(30)50)33(48)23(6)37-29(27)38(51)40(8,56-37)54-16-13-26(53-9)20(3)36(55-24(7)45)22(5)32(47)21(4)31(18)46/h10-13,16-18,20-22,26,31-32,36,41,44,46-50H,14-15H2,1-9H3,(H,43,52)/b11-10+,16-13+,19-12-,42-17+/t18-,20-,21-,22-,26+,31-,32+,36-,40+/m1/s1. The number of phenolic OH excluding ortho intramolecular Hbond substituents is 3. The second-order valence-corrected chi connectivity index (χ2v) is 14.5. The molecule has 16 nitrogen and oxygen atoms in total. The average Bonchev–Trinajstić information content (AvgIpc) is 3.42. The number of hydrogen-bond donors (Lipinski definition) is 8. The van der Waals surface area contributed by atoms with E-state index >= 15 is 0 Å². The summed E-state index contributed by atoms with van der Waals surface area (Å²) in [6, 6.07) is 0. The van der Waals surface area contributed by atoms with Gasteiger partial charge in [0.15, 0.2) is 5.75 Å². The van der Waals surface area contributed by atoms with Crippen LogP contribution in [0.5, 0.6) is 23.0 Å². The number of fused-ring (bicyclic) bond motifs is 14. The van der Waals surface area contributed by atoms with E-state index in [2.05, 4.69) is 15.8 Å². The molecule has 0 fully saturated rings. The van der Waals surface area contributed by atoms with Crippen molar-refractivity contribution in [3.05, 3.63) is 52.8 Å². The highest BCUT2D eigenvalue weighted by molar-refractivity contribution is 6.23. The fourth-order valence-electron chi connectivity index (χ4n) is 7.10. The number of nitrogens with zero attached hydrogens (tertiary/aromatic N) is 1. The Morgan fingerprint density at radius 3 is 2.30 bits per heavy atom. The maximum absolute atomic E-state index is 14.3. The number of methoxy groups -OCH3 is 1. The van der Waals surface area contributed by atoms with Gasteiger partial charge in [-0.2, -0.15) is 5.10 Å². The molecule has 8 N–H and O–H groups in total. The van der Waals surface area contributed by atoms with E-state index in [0.717, 1.165) is 6.21 Å². The van der Waals surface area contributed by atoms with Crippen molar-refractivity contribution in [2.75, 3.05) is 25.6 Å². The monoisotopic (exact) mass is 783 g/mol. The number of allylic oxidation sites excluding steroid dienone is 2. The molecule has 0 unspecified atom stereocenters. The Bertz CT molecular complexity index is 1960. The van der Waals surface area contributed by atoms with Crippen LogP contribution < -0.4 is 15.5 Å². The number of anilines is 1. The van der Waals surface area contributed by atoms with Crippen molar-refractivity contribution in [3.8, 4) is 23.0 Å². The summed E-state index contributed by atoms with van der Waals surface area (Å²) >= 11 is 0. The first kappa shape index (κ1) is 43.6. The molecule has 0 spiro atoms. The van der Waals surface area contributed by atoms with Crippen LogP contribution in [0.2, 0.25) is 0 Å². The second-order valence-electron chi connectivity index (χ2n) is 14.5. The number of rotatable bonds is 6. The van der Waals surface area contributed by atoms with Gasteiger partial charge in [-0.25, -0.2) is 0 Å². The van der Waals surface area contributed by atoms with Crippen LogP contribution in [-0.4, -0.2) is 105 Å². The van der Waals surface area contributed by atoms with Crippen LogP contribution in [-0.2, 0) is 23.8 Å². The number of hydrazone groups is 1. The van der Waals surface area contributed by atoms with E-state index < -0.39 is 88.8 Å². The molecule has 1 amide bonds. The molecule has 3 heterocycles. The molecule has 0 radical (unpaired) electrons. The Morgan fingerprint density at radius 2 is 1.68 bits per heavy atom. The third kappa shape index (κ3) is 8.48. The minimum atomic E-state index is -2.07. The molecule has 0 aliphatic carbocycles. The van der Waals surface area contributed by atoms with E-state index in [-0.39, 0.29) is 57.6 Å². The Labute approximate surface area is 325 Å². The van der Waals surface area contributed by atoms with Crippen molar-refractivity contribution in [3.63, 3.8) is 0 Å². The molecule has 0 saturated carbocycles. The van der Waals surface area contributed by atoms with Gasteiger partial charge in [0.05, 0.1) is 66.1 Å². The van der Waals surface area contributed by atoms with Crippen LogP contribution in [0.4, 0.5) is 5.69 Å². The summed E-state index contributed by atoms with van der Waals surface area (Å²) in [5.41, 5.74) is 1.87. The van der Waals surface area contributed by atoms with Crippen molar-refractivity contribution < 1.29 is 64.0 Å². The first-order valence-corrected chi connectivity index (χ1v) is 18.3. The van der Waals surface area contributed by atoms with Crippen LogP contribution in [0.25, 0.3) is 10.8 Å². The van der Waals surface area contributed by atoms with Gasteiger partial charge in [-0.1, -0.05) is 45.9 Å². The predicted molar refractivity (Wildman–Crippen MR) is 206 cm³/mol. The first-order valence-electron chi connectivity index (χ1n) is 18.3. The summed E-state index contributed by atoms with van der Waals surface area (Å²) in [6.45, 7) is 12.1. The number of aromatic hydroxyl groups is 3. The smallest absolute Gasteiger partial charge is 0.312 e. The molecule has 16 heteroatoms. The van der Waals surface area contributed by atoms with E-state index in [1.54, 1.807) is 39.8 Å². The van der Waals surface area contributed by atoms with Gasteiger partial charge in [0, 0.05) is 61.2 Å². The number of aliphatic hydroxyl groups is 3. The molecule has 56 heavy (non-hydrogen) atoms. The number of carbonyl (C=O) groups is 3. The number of ether oxygens (including phenoxy) is 4. The Kier molecular flexibility index (Phi) is 13.8. The van der Waals surface area contributed by atoms with E-state index in [1.807, 2.05) is 0 Å². The van der Waals surface area contributed by atoms with E-state index in [1.165, 1.54) is 53.2 Å².